The number of esters is 1. The smallest absolute Gasteiger partial charge is 0.340 e. The second kappa shape index (κ2) is 5.15. The van der Waals surface area contributed by atoms with Gasteiger partial charge in [0.2, 0.25) is 0 Å². The van der Waals surface area contributed by atoms with Crippen LogP contribution in [0.5, 0.6) is 0 Å². The van der Waals surface area contributed by atoms with Crippen LogP contribution in [0.25, 0.3) is 10.9 Å². The van der Waals surface area contributed by atoms with Crippen molar-refractivity contribution in [1.29, 1.82) is 0 Å². The van der Waals surface area contributed by atoms with E-state index in [1.165, 1.54) is 0 Å². The highest BCUT2D eigenvalue weighted by atomic mass is 35.5. The van der Waals surface area contributed by atoms with Crippen molar-refractivity contribution in [3.8, 4) is 0 Å². The third-order valence-corrected chi connectivity index (χ3v) is 2.68. The number of hydrogen-bond donors (Lipinski definition) is 0. The van der Waals surface area contributed by atoms with E-state index in [1.807, 2.05) is 24.3 Å². The molecule has 0 unspecified atom stereocenters. The summed E-state index contributed by atoms with van der Waals surface area (Å²) >= 11 is 5.81. The van der Waals surface area contributed by atoms with Crippen LogP contribution in [0.2, 0.25) is 0 Å². The van der Waals surface area contributed by atoms with Gasteiger partial charge in [-0.2, -0.15) is 0 Å². The van der Waals surface area contributed by atoms with Crippen LogP contribution in [0, 0.1) is 0 Å². The first-order valence-corrected chi connectivity index (χ1v) is 5.91. The third kappa shape index (κ3) is 2.39. The van der Waals surface area contributed by atoms with Crippen LogP contribution < -0.4 is 0 Å². The normalized spacial score (nSPS) is 10.5. The van der Waals surface area contributed by atoms with Gasteiger partial charge in [0.05, 0.1) is 29.3 Å². The summed E-state index contributed by atoms with van der Waals surface area (Å²) in [6, 6.07) is 9.37. The lowest BCUT2D eigenvalue weighted by atomic mass is 10.1. The van der Waals surface area contributed by atoms with Crippen LogP contribution in [0.1, 0.15) is 23.0 Å². The standard InChI is InChI=1S/C13H12ClNO2/c1-2-17-13(16)10-7-9-5-3-4-6-11(9)15-12(10)8-14/h3-7H,2,8H2,1H3. The van der Waals surface area contributed by atoms with Crippen molar-refractivity contribution in [1.82, 2.24) is 4.98 Å². The Kier molecular flexibility index (Phi) is 3.59. The van der Waals surface area contributed by atoms with Gasteiger partial charge in [0.1, 0.15) is 0 Å². The van der Waals surface area contributed by atoms with E-state index < -0.39 is 0 Å². The van der Waals surface area contributed by atoms with Crippen LogP contribution in [0.4, 0.5) is 0 Å². The number of pyridine rings is 1. The van der Waals surface area contributed by atoms with Crippen LogP contribution >= 0.6 is 11.6 Å². The molecule has 0 aliphatic carbocycles. The molecule has 0 atom stereocenters. The predicted molar refractivity (Wildman–Crippen MR) is 67.3 cm³/mol. The summed E-state index contributed by atoms with van der Waals surface area (Å²) in [4.78, 5) is 16.1. The first-order valence-electron chi connectivity index (χ1n) is 5.38. The number of benzene rings is 1. The molecule has 0 radical (unpaired) electrons. The van der Waals surface area contributed by atoms with Crippen LogP contribution in [-0.2, 0) is 10.6 Å². The Morgan fingerprint density at radius 1 is 1.41 bits per heavy atom. The van der Waals surface area contributed by atoms with Crippen molar-refractivity contribution in [2.45, 2.75) is 12.8 Å². The zero-order chi connectivity index (χ0) is 12.3. The number of carbonyl (C=O) groups excluding carboxylic acids is 1. The molecular weight excluding hydrogens is 238 g/mol. The van der Waals surface area contributed by atoms with Crippen molar-refractivity contribution < 1.29 is 9.53 Å². The Morgan fingerprint density at radius 2 is 2.18 bits per heavy atom. The average molecular weight is 250 g/mol. The molecule has 1 aromatic heterocycles. The molecule has 2 rings (SSSR count). The molecule has 3 nitrogen and oxygen atoms in total. The van der Waals surface area contributed by atoms with Gasteiger partial charge in [-0.3, -0.25) is 4.98 Å². The molecular formula is C13H12ClNO2. The Morgan fingerprint density at radius 3 is 2.88 bits per heavy atom. The molecule has 0 aliphatic rings. The van der Waals surface area contributed by atoms with Gasteiger partial charge < -0.3 is 4.74 Å². The summed E-state index contributed by atoms with van der Waals surface area (Å²) in [5, 5.41) is 0.907. The van der Waals surface area contributed by atoms with Gasteiger partial charge in [0, 0.05) is 5.39 Å². The topological polar surface area (TPSA) is 39.2 Å². The highest BCUT2D eigenvalue weighted by Gasteiger charge is 2.14. The maximum Gasteiger partial charge on any atom is 0.340 e. The lowest BCUT2D eigenvalue weighted by Crippen LogP contribution is -2.09. The molecule has 0 fully saturated rings. The minimum Gasteiger partial charge on any atom is -0.462 e. The van der Waals surface area contributed by atoms with Crippen molar-refractivity contribution in [3.63, 3.8) is 0 Å². The van der Waals surface area contributed by atoms with Gasteiger partial charge in [0.15, 0.2) is 0 Å². The Labute approximate surface area is 104 Å². The number of carbonyl (C=O) groups is 1. The number of hydrogen-bond acceptors (Lipinski definition) is 3. The molecule has 1 heterocycles. The maximum absolute atomic E-state index is 11.7. The van der Waals surface area contributed by atoms with Gasteiger partial charge in [-0.25, -0.2) is 4.79 Å². The number of para-hydroxylation sites is 1. The van der Waals surface area contributed by atoms with E-state index in [-0.39, 0.29) is 11.8 Å². The number of ether oxygens (including phenoxy) is 1. The van der Waals surface area contributed by atoms with Gasteiger partial charge in [-0.05, 0) is 19.1 Å². The highest BCUT2D eigenvalue weighted by Crippen LogP contribution is 2.18. The van der Waals surface area contributed by atoms with Crippen LogP contribution in [0.15, 0.2) is 30.3 Å². The first-order chi connectivity index (χ1) is 8.26. The number of aromatic nitrogens is 1. The first kappa shape index (κ1) is 11.9. The fourth-order valence-corrected chi connectivity index (χ4v) is 1.85. The Balaban J connectivity index is 2.56. The largest absolute Gasteiger partial charge is 0.462 e. The van der Waals surface area contributed by atoms with Crippen molar-refractivity contribution in [2.24, 2.45) is 0 Å². The van der Waals surface area contributed by atoms with Gasteiger partial charge >= 0.3 is 5.97 Å². The molecule has 17 heavy (non-hydrogen) atoms. The molecule has 0 spiro atoms. The number of nitrogens with zero attached hydrogens (tertiary/aromatic N) is 1. The summed E-state index contributed by atoms with van der Waals surface area (Å²) in [5.41, 5.74) is 1.83. The van der Waals surface area contributed by atoms with Crippen LogP contribution in [0.3, 0.4) is 0 Å². The predicted octanol–water partition coefficient (Wildman–Crippen LogP) is 3.15. The second-order valence-corrected chi connectivity index (χ2v) is 3.80. The minimum absolute atomic E-state index is 0.193. The summed E-state index contributed by atoms with van der Waals surface area (Å²) < 4.78 is 4.98. The fourth-order valence-electron chi connectivity index (χ4n) is 1.64. The molecule has 0 aliphatic heterocycles. The summed E-state index contributed by atoms with van der Waals surface area (Å²) in [6.07, 6.45) is 0. The molecule has 4 heteroatoms. The van der Waals surface area contributed by atoms with Gasteiger partial charge in [-0.15, -0.1) is 11.6 Å². The van der Waals surface area contributed by atoms with Gasteiger partial charge in [0.25, 0.3) is 0 Å². The summed E-state index contributed by atoms with van der Waals surface area (Å²) in [6.45, 7) is 2.11. The number of halogens is 1. The van der Waals surface area contributed by atoms with E-state index >= 15 is 0 Å². The van der Waals surface area contributed by atoms with E-state index in [0.717, 1.165) is 10.9 Å². The Bertz CT molecular complexity index is 554. The number of alkyl halides is 1. The quantitative estimate of drug-likeness (QED) is 0.620. The third-order valence-electron chi connectivity index (χ3n) is 2.42. The van der Waals surface area contributed by atoms with Crippen LogP contribution in [-0.4, -0.2) is 17.6 Å². The van der Waals surface area contributed by atoms with Crippen molar-refractivity contribution in [2.75, 3.05) is 6.61 Å². The molecule has 88 valence electrons. The molecule has 0 bridgehead atoms. The van der Waals surface area contributed by atoms with E-state index in [0.29, 0.717) is 17.9 Å². The van der Waals surface area contributed by atoms with E-state index in [4.69, 9.17) is 16.3 Å². The molecule has 2 aromatic rings. The van der Waals surface area contributed by atoms with E-state index in [2.05, 4.69) is 4.98 Å². The molecule has 1 aromatic carbocycles. The lowest BCUT2D eigenvalue weighted by molar-refractivity contribution is 0.0525. The molecule has 0 N–H and O–H groups in total. The summed E-state index contributed by atoms with van der Waals surface area (Å²) in [5.74, 6) is -0.180. The second-order valence-electron chi connectivity index (χ2n) is 3.53. The fraction of sp³-hybridized carbons (Fsp3) is 0.231. The Hall–Kier alpha value is -1.61. The number of rotatable bonds is 3. The zero-order valence-corrected chi connectivity index (χ0v) is 10.2. The van der Waals surface area contributed by atoms with E-state index in [1.54, 1.807) is 13.0 Å². The maximum atomic E-state index is 11.7. The van der Waals surface area contributed by atoms with E-state index in [9.17, 15) is 4.79 Å². The lowest BCUT2D eigenvalue weighted by Gasteiger charge is -2.07. The highest BCUT2D eigenvalue weighted by molar-refractivity contribution is 6.17. The SMILES string of the molecule is CCOC(=O)c1cc2ccccc2nc1CCl. The van der Waals surface area contributed by atoms with Gasteiger partial charge in [-0.1, -0.05) is 18.2 Å². The molecule has 0 saturated heterocycles. The monoisotopic (exact) mass is 249 g/mol. The van der Waals surface area contributed by atoms with Crippen molar-refractivity contribution >= 4 is 28.5 Å². The minimum atomic E-state index is -0.374. The average Bonchev–Trinajstić information content (AvgIpc) is 2.37. The summed E-state index contributed by atoms with van der Waals surface area (Å²) in [7, 11) is 0. The molecule has 0 amide bonds. The molecule has 0 saturated carbocycles. The zero-order valence-electron chi connectivity index (χ0n) is 9.44. The number of fused-ring (bicyclic) bond motifs is 1. The van der Waals surface area contributed by atoms with Crippen molar-refractivity contribution in [3.05, 3.63) is 41.6 Å².